The van der Waals surface area contributed by atoms with Crippen LogP contribution in [0.1, 0.15) is 11.1 Å². The van der Waals surface area contributed by atoms with Crippen molar-refractivity contribution in [1.82, 2.24) is 19.5 Å². The summed E-state index contributed by atoms with van der Waals surface area (Å²) in [4.78, 5) is 16.3. The van der Waals surface area contributed by atoms with E-state index in [4.69, 9.17) is 15.0 Å². The van der Waals surface area contributed by atoms with E-state index >= 15 is 0 Å². The molecule has 8 heteroatoms. The average molecular weight is 965 g/mol. The summed E-state index contributed by atoms with van der Waals surface area (Å²) in [6.45, 7) is 0. The van der Waals surface area contributed by atoms with Gasteiger partial charge >= 0.3 is 0 Å². The molecule has 73 heavy (non-hydrogen) atoms. The first-order valence-electron chi connectivity index (χ1n) is 24.3. The van der Waals surface area contributed by atoms with E-state index < -0.39 is 16.1 Å². The summed E-state index contributed by atoms with van der Waals surface area (Å²) < 4.78 is 2.11. The van der Waals surface area contributed by atoms with Crippen molar-refractivity contribution in [2.75, 3.05) is 0 Å². The Morgan fingerprint density at radius 1 is 0.301 bits per heavy atom. The molecule has 0 aliphatic heterocycles. The van der Waals surface area contributed by atoms with Gasteiger partial charge in [0.1, 0.15) is 0 Å². The number of nitriles is 2. The van der Waals surface area contributed by atoms with E-state index in [9.17, 15) is 10.5 Å². The van der Waals surface area contributed by atoms with Crippen molar-refractivity contribution in [3.63, 3.8) is 0 Å². The average Bonchev–Trinajstić information content (AvgIpc) is 3.81. The predicted molar refractivity (Wildman–Crippen MR) is 302 cm³/mol. The topological polar surface area (TPSA) is 91.2 Å². The molecule has 0 atom stereocenters. The standard InChI is InChI=1S/C65H44N6Si2/c66-45-47-39-49(43-57(41-47)72(51-23-7-1-8-24-51,52-25-9-2-10-26-52)53-27-11-3-12-28-53)63-68-64(70-65(69-63)71-61-37-21-19-35-59(61)60-36-20-22-38-62(60)71)50-40-48(46-67)42-58(44-50)73(54-29-13-4-14-30-54,55-31-15-5-16-32-55)56-33-17-6-18-34-56/h1-44H. The Balaban J connectivity index is 1.17. The molecule has 0 amide bonds. The van der Waals surface area contributed by atoms with Gasteiger partial charge in [0.25, 0.3) is 0 Å². The van der Waals surface area contributed by atoms with Crippen LogP contribution in [0.2, 0.25) is 0 Å². The van der Waals surface area contributed by atoms with Crippen LogP contribution in [-0.2, 0) is 0 Å². The SMILES string of the molecule is N#Cc1cc(-c2nc(-c3cc(C#N)cc([Si](c4ccccc4)(c4ccccc4)c4ccccc4)c3)nc(-n3c4ccccc4c4ccccc43)n2)cc([Si](c2ccccc2)(c2ccccc2)c2ccccc2)c1. The summed E-state index contributed by atoms with van der Waals surface area (Å²) in [5.41, 5.74) is 4.22. The highest BCUT2D eigenvalue weighted by Crippen LogP contribution is 2.33. The Morgan fingerprint density at radius 3 is 0.890 bits per heavy atom. The zero-order valence-electron chi connectivity index (χ0n) is 39.6. The number of fused-ring (bicyclic) bond motifs is 3. The number of benzene rings is 10. The van der Waals surface area contributed by atoms with Gasteiger partial charge in [-0.2, -0.15) is 20.5 Å². The lowest BCUT2D eigenvalue weighted by Crippen LogP contribution is -2.74. The summed E-state index contributed by atoms with van der Waals surface area (Å²) in [6, 6.07) is 98.2. The molecule has 0 aliphatic carbocycles. The highest BCUT2D eigenvalue weighted by molar-refractivity contribution is 7.20. The van der Waals surface area contributed by atoms with Crippen LogP contribution in [-0.4, -0.2) is 35.7 Å². The van der Waals surface area contributed by atoms with Gasteiger partial charge in [-0.15, -0.1) is 0 Å². The maximum Gasteiger partial charge on any atom is 0.238 e. The molecule has 12 rings (SSSR count). The maximum atomic E-state index is 11.0. The molecular weight excluding hydrogens is 921 g/mol. The van der Waals surface area contributed by atoms with E-state index in [-0.39, 0.29) is 0 Å². The minimum atomic E-state index is -3.13. The van der Waals surface area contributed by atoms with Crippen LogP contribution in [0.25, 0.3) is 50.5 Å². The third kappa shape index (κ3) is 7.67. The second-order valence-corrected chi connectivity index (χ2v) is 25.8. The number of hydrogen-bond acceptors (Lipinski definition) is 5. The van der Waals surface area contributed by atoms with Crippen molar-refractivity contribution in [2.45, 2.75) is 0 Å². The smallest absolute Gasteiger partial charge is 0.238 e. The van der Waals surface area contributed by atoms with Crippen LogP contribution in [0.3, 0.4) is 0 Å². The van der Waals surface area contributed by atoms with Crippen molar-refractivity contribution in [2.24, 2.45) is 0 Å². The second-order valence-electron chi connectivity index (χ2n) is 18.2. The minimum absolute atomic E-state index is 0.402. The summed E-state index contributed by atoms with van der Waals surface area (Å²) in [5, 5.41) is 33.3. The van der Waals surface area contributed by atoms with Crippen LogP contribution in [0, 0.1) is 22.7 Å². The Morgan fingerprint density at radius 2 is 0.589 bits per heavy atom. The van der Waals surface area contributed by atoms with Crippen molar-refractivity contribution < 1.29 is 0 Å². The number of rotatable bonds is 11. The van der Waals surface area contributed by atoms with Crippen LogP contribution >= 0.6 is 0 Å². The molecule has 0 unspecified atom stereocenters. The Bertz CT molecular complexity index is 3590. The summed E-state index contributed by atoms with van der Waals surface area (Å²) in [6.07, 6.45) is 0. The van der Waals surface area contributed by atoms with Gasteiger partial charge in [0.2, 0.25) is 5.95 Å². The highest BCUT2D eigenvalue weighted by Gasteiger charge is 2.43. The fourth-order valence-electron chi connectivity index (χ4n) is 11.1. The maximum absolute atomic E-state index is 11.0. The first-order chi connectivity index (χ1) is 36.1. The predicted octanol–water partition coefficient (Wildman–Crippen LogP) is 8.80. The third-order valence-electron chi connectivity index (χ3n) is 14.2. The van der Waals surface area contributed by atoms with Gasteiger partial charge in [0.05, 0.1) is 34.3 Å². The molecule has 0 fully saturated rings. The molecule has 10 aromatic carbocycles. The molecule has 2 heterocycles. The van der Waals surface area contributed by atoms with Crippen LogP contribution in [0.15, 0.2) is 267 Å². The van der Waals surface area contributed by atoms with E-state index in [0.29, 0.717) is 39.9 Å². The molecule has 0 radical (unpaired) electrons. The van der Waals surface area contributed by atoms with Crippen molar-refractivity contribution in [3.05, 3.63) is 278 Å². The van der Waals surface area contributed by atoms with E-state index in [2.05, 4.69) is 259 Å². The number of nitrogens with zero attached hydrogens (tertiary/aromatic N) is 6. The first-order valence-corrected chi connectivity index (χ1v) is 28.3. The monoisotopic (exact) mass is 964 g/mol. The van der Waals surface area contributed by atoms with Gasteiger partial charge in [0.15, 0.2) is 27.8 Å². The number of para-hydroxylation sites is 2. The molecule has 0 spiro atoms. The molecule has 0 aliphatic rings. The largest absolute Gasteiger partial charge is 0.278 e. The second kappa shape index (κ2) is 19.0. The summed E-state index contributed by atoms with van der Waals surface area (Å²) in [7, 11) is -6.25. The number of aromatic nitrogens is 4. The van der Waals surface area contributed by atoms with E-state index in [0.717, 1.165) is 32.2 Å². The van der Waals surface area contributed by atoms with Gasteiger partial charge in [-0.25, -0.2) is 4.98 Å². The Kier molecular flexibility index (Phi) is 11.6. The van der Waals surface area contributed by atoms with Gasteiger partial charge in [0, 0.05) is 21.9 Å². The van der Waals surface area contributed by atoms with E-state index in [1.807, 2.05) is 24.3 Å². The van der Waals surface area contributed by atoms with Crippen LogP contribution in [0.5, 0.6) is 0 Å². The van der Waals surface area contributed by atoms with Crippen LogP contribution < -0.4 is 41.5 Å². The van der Waals surface area contributed by atoms with E-state index in [1.165, 1.54) is 31.1 Å². The summed E-state index contributed by atoms with van der Waals surface area (Å²) in [5.74, 6) is 1.22. The Labute approximate surface area is 426 Å². The highest BCUT2D eigenvalue weighted by atomic mass is 28.3. The van der Waals surface area contributed by atoms with Gasteiger partial charge in [-0.05, 0) is 77.9 Å². The lowest BCUT2D eigenvalue weighted by molar-refractivity contribution is 0.953. The Hall–Kier alpha value is -9.58. The number of hydrogen-bond donors (Lipinski definition) is 0. The summed E-state index contributed by atoms with van der Waals surface area (Å²) >= 11 is 0. The fourth-order valence-corrected chi connectivity index (χ4v) is 20.7. The molecular formula is C65H44N6Si2. The molecule has 12 aromatic rings. The van der Waals surface area contributed by atoms with Gasteiger partial charge in [-0.3, -0.25) is 4.57 Å². The molecule has 2 aromatic heterocycles. The normalized spacial score (nSPS) is 11.5. The lowest BCUT2D eigenvalue weighted by Gasteiger charge is -2.35. The molecule has 0 bridgehead atoms. The third-order valence-corrected chi connectivity index (χ3v) is 23.7. The van der Waals surface area contributed by atoms with Crippen molar-refractivity contribution in [3.8, 4) is 40.9 Å². The van der Waals surface area contributed by atoms with Crippen LogP contribution in [0.4, 0.5) is 0 Å². The molecule has 0 saturated carbocycles. The zero-order chi connectivity index (χ0) is 49.2. The molecule has 0 saturated heterocycles. The first kappa shape index (κ1) is 44.6. The quantitative estimate of drug-likeness (QED) is 0.0956. The zero-order valence-corrected chi connectivity index (χ0v) is 41.6. The van der Waals surface area contributed by atoms with Crippen molar-refractivity contribution in [1.29, 1.82) is 10.5 Å². The minimum Gasteiger partial charge on any atom is -0.278 e. The fraction of sp³-hybridized carbons (Fsp3) is 0. The van der Waals surface area contributed by atoms with Gasteiger partial charge < -0.3 is 0 Å². The molecule has 0 N–H and O–H groups in total. The molecule has 342 valence electrons. The molecule has 6 nitrogen and oxygen atoms in total. The van der Waals surface area contributed by atoms with Gasteiger partial charge in [-0.1, -0.05) is 231 Å². The van der Waals surface area contributed by atoms with E-state index in [1.54, 1.807) is 0 Å². The lowest BCUT2D eigenvalue weighted by atomic mass is 10.1. The van der Waals surface area contributed by atoms with Crippen molar-refractivity contribution >= 4 is 79.4 Å².